The Labute approximate surface area is 178 Å². The molecule has 4 rings (SSSR count). The molecule has 0 spiro atoms. The van der Waals surface area contributed by atoms with Crippen LogP contribution in [0.15, 0.2) is 36.5 Å². The zero-order valence-corrected chi connectivity index (χ0v) is 16.5. The van der Waals surface area contributed by atoms with E-state index < -0.39 is 23.4 Å². The van der Waals surface area contributed by atoms with Gasteiger partial charge in [-0.1, -0.05) is 0 Å². The van der Waals surface area contributed by atoms with E-state index in [1.165, 1.54) is 13.0 Å². The maximum atomic E-state index is 13.5. The molecule has 0 saturated heterocycles. The van der Waals surface area contributed by atoms with E-state index >= 15 is 0 Å². The zero-order valence-electron chi connectivity index (χ0n) is 16.5. The fraction of sp³-hybridized carbons (Fsp3) is 0.105. The number of carbonyl (C=O) groups is 2. The van der Waals surface area contributed by atoms with E-state index in [-0.39, 0.29) is 29.2 Å². The van der Waals surface area contributed by atoms with Gasteiger partial charge in [0.1, 0.15) is 11.5 Å². The number of rotatable bonds is 6. The summed E-state index contributed by atoms with van der Waals surface area (Å²) in [5.41, 5.74) is 1.50. The molecule has 0 atom stereocenters. The zero-order chi connectivity index (χ0) is 22.7. The van der Waals surface area contributed by atoms with Gasteiger partial charge >= 0.3 is 0 Å². The van der Waals surface area contributed by atoms with Crippen molar-refractivity contribution in [3.63, 3.8) is 0 Å². The Kier molecular flexibility index (Phi) is 5.61. The van der Waals surface area contributed by atoms with Crippen molar-refractivity contribution in [1.82, 2.24) is 41.1 Å². The lowest BCUT2D eigenvalue weighted by Gasteiger charge is -2.06. The van der Waals surface area contributed by atoms with Crippen molar-refractivity contribution in [2.45, 2.75) is 13.5 Å². The molecule has 3 heterocycles. The first-order valence-corrected chi connectivity index (χ1v) is 9.20. The number of hydrogen-bond acceptors (Lipinski definition) is 7. The minimum Gasteiger partial charge on any atom is -0.347 e. The van der Waals surface area contributed by atoms with Gasteiger partial charge in [-0.2, -0.15) is 5.10 Å². The highest BCUT2D eigenvalue weighted by Gasteiger charge is 2.16. The Bertz CT molecular complexity index is 1290. The molecule has 0 fully saturated rings. The smallest absolute Gasteiger partial charge is 0.272 e. The molecule has 0 radical (unpaired) electrons. The first kappa shape index (κ1) is 20.7. The summed E-state index contributed by atoms with van der Waals surface area (Å²) in [5.74, 6) is -2.84. The molecule has 0 bridgehead atoms. The molecule has 0 aliphatic rings. The molecular formula is C19H15F2N9O2. The molecule has 0 unspecified atom stereocenters. The van der Waals surface area contributed by atoms with E-state index in [2.05, 4.69) is 46.4 Å². The monoisotopic (exact) mass is 439 g/mol. The van der Waals surface area contributed by atoms with Crippen LogP contribution in [0.25, 0.3) is 11.5 Å². The van der Waals surface area contributed by atoms with Crippen LogP contribution in [0, 0.1) is 18.6 Å². The molecule has 13 heteroatoms. The quantitative estimate of drug-likeness (QED) is 0.357. The summed E-state index contributed by atoms with van der Waals surface area (Å²) in [5, 5.41) is 24.9. The summed E-state index contributed by atoms with van der Waals surface area (Å²) in [6.45, 7) is 1.66. The molecule has 0 aliphatic carbocycles. The molecule has 32 heavy (non-hydrogen) atoms. The maximum absolute atomic E-state index is 13.5. The molecule has 1 aromatic carbocycles. The van der Waals surface area contributed by atoms with Crippen molar-refractivity contribution in [3.8, 4) is 11.5 Å². The first-order chi connectivity index (χ1) is 15.4. The number of nitrogens with zero attached hydrogens (tertiary/aromatic N) is 5. The van der Waals surface area contributed by atoms with E-state index in [4.69, 9.17) is 0 Å². The van der Waals surface area contributed by atoms with Crippen molar-refractivity contribution in [2.24, 2.45) is 0 Å². The Morgan fingerprint density at radius 3 is 2.66 bits per heavy atom. The van der Waals surface area contributed by atoms with E-state index in [9.17, 15) is 18.4 Å². The molecule has 4 aromatic rings. The predicted molar refractivity (Wildman–Crippen MR) is 106 cm³/mol. The van der Waals surface area contributed by atoms with Crippen LogP contribution in [0.2, 0.25) is 0 Å². The van der Waals surface area contributed by atoms with E-state index in [1.807, 2.05) is 0 Å². The number of pyridine rings is 1. The van der Waals surface area contributed by atoms with Crippen LogP contribution in [0.5, 0.6) is 0 Å². The van der Waals surface area contributed by atoms with Crippen LogP contribution >= 0.6 is 0 Å². The van der Waals surface area contributed by atoms with Gasteiger partial charge in [0, 0.05) is 24.4 Å². The van der Waals surface area contributed by atoms with Crippen LogP contribution in [-0.4, -0.2) is 47.6 Å². The second-order valence-electron chi connectivity index (χ2n) is 6.68. The third kappa shape index (κ3) is 4.45. The Morgan fingerprint density at radius 2 is 1.88 bits per heavy atom. The number of H-pyrrole nitrogens is 2. The van der Waals surface area contributed by atoms with Crippen LogP contribution in [0.1, 0.15) is 32.0 Å². The Hall–Kier alpha value is -4.55. The van der Waals surface area contributed by atoms with Crippen LogP contribution < -0.4 is 10.6 Å². The van der Waals surface area contributed by atoms with E-state index in [0.29, 0.717) is 11.5 Å². The average Bonchev–Trinajstić information content (AvgIpc) is 3.47. The fourth-order valence-electron chi connectivity index (χ4n) is 2.84. The second-order valence-corrected chi connectivity index (χ2v) is 6.68. The fourth-order valence-corrected chi connectivity index (χ4v) is 2.84. The SMILES string of the molecule is Cc1cc(F)c(F)cc1C(=O)Nc1cc(C(=O)NCc2ccnc(-c3nnn[nH]3)c2)n[nH]1. The highest BCUT2D eigenvalue weighted by molar-refractivity contribution is 6.05. The van der Waals surface area contributed by atoms with E-state index in [0.717, 1.165) is 17.7 Å². The third-order valence-electron chi connectivity index (χ3n) is 4.44. The summed E-state index contributed by atoms with van der Waals surface area (Å²) in [6.07, 6.45) is 1.56. The van der Waals surface area contributed by atoms with Gasteiger partial charge in [0.05, 0.1) is 0 Å². The molecule has 0 saturated carbocycles. The largest absolute Gasteiger partial charge is 0.347 e. The van der Waals surface area contributed by atoms with Crippen LogP contribution in [0.4, 0.5) is 14.6 Å². The number of carbonyl (C=O) groups excluding carboxylic acids is 2. The van der Waals surface area contributed by atoms with Gasteiger partial charge in [0.15, 0.2) is 23.2 Å². The summed E-state index contributed by atoms with van der Waals surface area (Å²) in [7, 11) is 0. The molecule has 4 N–H and O–H groups in total. The van der Waals surface area contributed by atoms with E-state index in [1.54, 1.807) is 18.3 Å². The highest BCUT2D eigenvalue weighted by atomic mass is 19.2. The molecule has 11 nitrogen and oxygen atoms in total. The van der Waals surface area contributed by atoms with Crippen LogP contribution in [-0.2, 0) is 6.54 Å². The lowest BCUT2D eigenvalue weighted by atomic mass is 10.1. The topological polar surface area (TPSA) is 154 Å². The lowest BCUT2D eigenvalue weighted by Crippen LogP contribution is -2.23. The Morgan fingerprint density at radius 1 is 1.06 bits per heavy atom. The van der Waals surface area contributed by atoms with Crippen molar-refractivity contribution < 1.29 is 18.4 Å². The van der Waals surface area contributed by atoms with Crippen molar-refractivity contribution in [3.05, 3.63) is 70.5 Å². The number of amides is 2. The summed E-state index contributed by atoms with van der Waals surface area (Å²) < 4.78 is 26.7. The lowest BCUT2D eigenvalue weighted by molar-refractivity contribution is 0.0945. The number of aryl methyl sites for hydroxylation is 1. The Balaban J connectivity index is 1.38. The van der Waals surface area contributed by atoms with Gasteiger partial charge in [-0.3, -0.25) is 19.7 Å². The molecule has 162 valence electrons. The number of aromatic nitrogens is 7. The number of nitrogens with one attached hydrogen (secondary N) is 4. The third-order valence-corrected chi connectivity index (χ3v) is 4.44. The van der Waals surface area contributed by atoms with Gasteiger partial charge in [-0.05, 0) is 52.7 Å². The minimum atomic E-state index is -1.13. The number of benzene rings is 1. The second kappa shape index (κ2) is 8.67. The summed E-state index contributed by atoms with van der Waals surface area (Å²) >= 11 is 0. The maximum Gasteiger partial charge on any atom is 0.272 e. The number of tetrazole rings is 1. The molecule has 0 aliphatic heterocycles. The molecule has 3 aromatic heterocycles. The number of halogens is 2. The summed E-state index contributed by atoms with van der Waals surface area (Å²) in [6, 6.07) is 6.48. The van der Waals surface area contributed by atoms with Crippen LogP contribution in [0.3, 0.4) is 0 Å². The van der Waals surface area contributed by atoms with Gasteiger partial charge in [-0.15, -0.1) is 5.10 Å². The van der Waals surface area contributed by atoms with Crippen molar-refractivity contribution >= 4 is 17.6 Å². The molecular weight excluding hydrogens is 424 g/mol. The average molecular weight is 439 g/mol. The van der Waals surface area contributed by atoms with Gasteiger partial charge in [-0.25, -0.2) is 13.9 Å². The number of aromatic amines is 2. The highest BCUT2D eigenvalue weighted by Crippen LogP contribution is 2.16. The standard InChI is InChI=1S/C19H15F2N9O2/c1-9-4-12(20)13(21)6-11(9)18(31)24-16-7-15(25-26-16)19(32)23-8-10-2-3-22-14(5-10)17-27-29-30-28-17/h2-7H,8H2,1H3,(H,23,32)(H2,24,25,26,31)(H,27,28,29,30). The normalized spacial score (nSPS) is 10.7. The number of hydrogen-bond donors (Lipinski definition) is 4. The number of anilines is 1. The van der Waals surface area contributed by atoms with Gasteiger partial charge in [0.2, 0.25) is 0 Å². The molecule has 2 amide bonds. The minimum absolute atomic E-state index is 0.0241. The summed E-state index contributed by atoms with van der Waals surface area (Å²) in [4.78, 5) is 28.9. The van der Waals surface area contributed by atoms with Crippen molar-refractivity contribution in [2.75, 3.05) is 5.32 Å². The van der Waals surface area contributed by atoms with Crippen molar-refractivity contribution in [1.29, 1.82) is 0 Å². The van der Waals surface area contributed by atoms with Gasteiger partial charge in [0.25, 0.3) is 11.8 Å². The predicted octanol–water partition coefficient (Wildman–Crippen LogP) is 1.75. The van der Waals surface area contributed by atoms with Gasteiger partial charge < -0.3 is 10.6 Å². The first-order valence-electron chi connectivity index (χ1n) is 9.20.